The molecule has 0 radical (unpaired) electrons. The second-order valence-corrected chi connectivity index (χ2v) is 6.10. The van der Waals surface area contributed by atoms with Crippen LogP contribution < -0.4 is 14.8 Å². The fourth-order valence-electron chi connectivity index (χ4n) is 2.71. The van der Waals surface area contributed by atoms with E-state index in [0.29, 0.717) is 34.4 Å². The van der Waals surface area contributed by atoms with Crippen LogP contribution in [0, 0.1) is 0 Å². The summed E-state index contributed by atoms with van der Waals surface area (Å²) in [6, 6.07) is 3.12. The van der Waals surface area contributed by atoms with Crippen LogP contribution in [0.15, 0.2) is 16.6 Å². The van der Waals surface area contributed by atoms with Crippen molar-refractivity contribution < 1.29 is 24.2 Å². The van der Waals surface area contributed by atoms with E-state index in [1.54, 1.807) is 6.07 Å². The first-order valence-corrected chi connectivity index (χ1v) is 7.70. The second-order valence-electron chi connectivity index (χ2n) is 5.24. The molecule has 1 aromatic rings. The fourth-order valence-corrected chi connectivity index (χ4v) is 3.31. The summed E-state index contributed by atoms with van der Waals surface area (Å²) in [5.74, 6) is -0.547. The molecule has 6 nitrogen and oxygen atoms in total. The third kappa shape index (κ3) is 3.04. The third-order valence-corrected chi connectivity index (χ3v) is 4.50. The highest BCUT2D eigenvalue weighted by atomic mass is 79.9. The van der Waals surface area contributed by atoms with Crippen LogP contribution in [0.25, 0.3) is 0 Å². The van der Waals surface area contributed by atoms with Gasteiger partial charge in [0, 0.05) is 5.56 Å². The molecule has 120 valence electrons. The smallest absolute Gasteiger partial charge is 0.329 e. The van der Waals surface area contributed by atoms with Gasteiger partial charge in [0.1, 0.15) is 5.54 Å². The highest BCUT2D eigenvalue weighted by molar-refractivity contribution is 9.10. The molecule has 1 aromatic carbocycles. The van der Waals surface area contributed by atoms with Gasteiger partial charge in [0.2, 0.25) is 0 Å². The lowest BCUT2D eigenvalue weighted by atomic mass is 9.97. The molecule has 0 spiro atoms. The van der Waals surface area contributed by atoms with Crippen molar-refractivity contribution in [3.05, 3.63) is 22.2 Å². The van der Waals surface area contributed by atoms with Gasteiger partial charge >= 0.3 is 5.97 Å². The largest absolute Gasteiger partial charge is 0.493 e. The van der Waals surface area contributed by atoms with Crippen LogP contribution >= 0.6 is 15.9 Å². The Bertz CT molecular complexity index is 596. The number of aliphatic carboxylic acids is 1. The standard InChI is InChI=1S/C15H18BrNO5/c1-21-11-8-9(7-10(16)12(11)22-2)13(18)17-15(14(19)20)5-3-4-6-15/h7-8H,3-6H2,1-2H3,(H,17,18)(H,19,20). The van der Waals surface area contributed by atoms with Gasteiger partial charge in [0.25, 0.3) is 5.91 Å². The van der Waals surface area contributed by atoms with E-state index >= 15 is 0 Å². The van der Waals surface area contributed by atoms with Crippen molar-refractivity contribution in [3.8, 4) is 11.5 Å². The van der Waals surface area contributed by atoms with E-state index in [9.17, 15) is 14.7 Å². The molecular formula is C15H18BrNO5. The van der Waals surface area contributed by atoms with E-state index in [0.717, 1.165) is 12.8 Å². The Labute approximate surface area is 136 Å². The molecule has 0 aromatic heterocycles. The van der Waals surface area contributed by atoms with Crippen LogP contribution in [0.4, 0.5) is 0 Å². The number of carboxylic acid groups (broad SMARTS) is 1. The number of rotatable bonds is 5. The first-order chi connectivity index (χ1) is 10.4. The molecule has 22 heavy (non-hydrogen) atoms. The highest BCUT2D eigenvalue weighted by Gasteiger charge is 2.42. The van der Waals surface area contributed by atoms with Crippen molar-refractivity contribution in [1.82, 2.24) is 5.32 Å². The van der Waals surface area contributed by atoms with Crippen molar-refractivity contribution in [2.45, 2.75) is 31.2 Å². The summed E-state index contributed by atoms with van der Waals surface area (Å²) in [7, 11) is 2.97. The number of carboxylic acids is 1. The number of hydrogen-bond acceptors (Lipinski definition) is 4. The van der Waals surface area contributed by atoms with E-state index in [4.69, 9.17) is 9.47 Å². The molecule has 1 amide bonds. The molecule has 2 rings (SSSR count). The normalized spacial score (nSPS) is 16.1. The maximum absolute atomic E-state index is 12.4. The molecule has 0 bridgehead atoms. The molecule has 0 heterocycles. The molecule has 1 aliphatic carbocycles. The topological polar surface area (TPSA) is 84.9 Å². The number of nitrogens with one attached hydrogen (secondary N) is 1. The molecule has 2 N–H and O–H groups in total. The number of carbonyl (C=O) groups excluding carboxylic acids is 1. The van der Waals surface area contributed by atoms with Crippen molar-refractivity contribution in [3.63, 3.8) is 0 Å². The molecule has 0 atom stereocenters. The van der Waals surface area contributed by atoms with Crippen molar-refractivity contribution in [1.29, 1.82) is 0 Å². The van der Waals surface area contributed by atoms with Gasteiger partial charge in [-0.25, -0.2) is 4.79 Å². The highest BCUT2D eigenvalue weighted by Crippen LogP contribution is 2.37. The Morgan fingerprint density at radius 3 is 2.36 bits per heavy atom. The first-order valence-electron chi connectivity index (χ1n) is 6.91. The summed E-state index contributed by atoms with van der Waals surface area (Å²) in [5, 5.41) is 12.1. The lowest BCUT2D eigenvalue weighted by Gasteiger charge is -2.25. The Morgan fingerprint density at radius 1 is 1.23 bits per heavy atom. The van der Waals surface area contributed by atoms with Gasteiger partial charge in [-0.15, -0.1) is 0 Å². The lowest BCUT2D eigenvalue weighted by Crippen LogP contribution is -2.52. The second kappa shape index (κ2) is 6.56. The number of amides is 1. The monoisotopic (exact) mass is 371 g/mol. The summed E-state index contributed by atoms with van der Waals surface area (Å²) in [6.45, 7) is 0. The predicted octanol–water partition coefficient (Wildman–Crippen LogP) is 2.59. The average Bonchev–Trinajstić information content (AvgIpc) is 2.96. The number of benzene rings is 1. The molecule has 1 saturated carbocycles. The van der Waals surface area contributed by atoms with Crippen LogP contribution in [0.3, 0.4) is 0 Å². The van der Waals surface area contributed by atoms with Gasteiger partial charge in [-0.3, -0.25) is 4.79 Å². The minimum absolute atomic E-state index is 0.317. The first kappa shape index (κ1) is 16.6. The molecule has 0 aliphatic heterocycles. The zero-order valence-electron chi connectivity index (χ0n) is 12.4. The van der Waals surface area contributed by atoms with Crippen molar-refractivity contribution in [2.75, 3.05) is 14.2 Å². The van der Waals surface area contributed by atoms with Gasteiger partial charge in [-0.2, -0.15) is 0 Å². The molecule has 1 fully saturated rings. The van der Waals surface area contributed by atoms with Crippen LogP contribution in [0.5, 0.6) is 11.5 Å². The summed E-state index contributed by atoms with van der Waals surface area (Å²) in [6.07, 6.45) is 2.48. The molecule has 7 heteroatoms. The molecule has 0 saturated heterocycles. The van der Waals surface area contributed by atoms with Gasteiger partial charge < -0.3 is 19.9 Å². The Kier molecular flexibility index (Phi) is 4.95. The van der Waals surface area contributed by atoms with E-state index in [-0.39, 0.29) is 0 Å². The zero-order valence-corrected chi connectivity index (χ0v) is 14.0. The summed E-state index contributed by atoms with van der Waals surface area (Å²) < 4.78 is 11.0. The predicted molar refractivity (Wildman–Crippen MR) is 83.5 cm³/mol. The average molecular weight is 372 g/mol. The molecule has 0 unspecified atom stereocenters. The quantitative estimate of drug-likeness (QED) is 0.830. The van der Waals surface area contributed by atoms with E-state index in [1.807, 2.05) is 0 Å². The number of halogens is 1. The van der Waals surface area contributed by atoms with Crippen LogP contribution in [0.1, 0.15) is 36.0 Å². The Morgan fingerprint density at radius 2 is 1.86 bits per heavy atom. The summed E-state index contributed by atoms with van der Waals surface area (Å²) in [5.41, 5.74) is -0.853. The molecule has 1 aliphatic rings. The SMILES string of the molecule is COc1cc(C(=O)NC2(C(=O)O)CCCC2)cc(Br)c1OC. The van der Waals surface area contributed by atoms with Crippen LogP contribution in [-0.4, -0.2) is 36.7 Å². The molecular weight excluding hydrogens is 354 g/mol. The number of carbonyl (C=O) groups is 2. The van der Waals surface area contributed by atoms with Gasteiger partial charge in [0.15, 0.2) is 11.5 Å². The number of methoxy groups -OCH3 is 2. The Balaban J connectivity index is 2.30. The summed E-state index contributed by atoms with van der Waals surface area (Å²) >= 11 is 3.32. The minimum Gasteiger partial charge on any atom is -0.493 e. The maximum Gasteiger partial charge on any atom is 0.329 e. The number of ether oxygens (including phenoxy) is 2. The van der Waals surface area contributed by atoms with Gasteiger partial charge in [0.05, 0.1) is 18.7 Å². The third-order valence-electron chi connectivity index (χ3n) is 3.92. The van der Waals surface area contributed by atoms with E-state index < -0.39 is 17.4 Å². The minimum atomic E-state index is -1.17. The van der Waals surface area contributed by atoms with E-state index in [2.05, 4.69) is 21.2 Å². The van der Waals surface area contributed by atoms with E-state index in [1.165, 1.54) is 20.3 Å². The lowest BCUT2D eigenvalue weighted by molar-refractivity contribution is -0.144. The Hall–Kier alpha value is -1.76. The van der Waals surface area contributed by atoms with Gasteiger partial charge in [-0.1, -0.05) is 12.8 Å². The van der Waals surface area contributed by atoms with Crippen molar-refractivity contribution in [2.24, 2.45) is 0 Å². The maximum atomic E-state index is 12.4. The van der Waals surface area contributed by atoms with Crippen molar-refractivity contribution >= 4 is 27.8 Å². The van der Waals surface area contributed by atoms with Gasteiger partial charge in [-0.05, 0) is 40.9 Å². The van der Waals surface area contributed by atoms with Crippen LogP contribution in [0.2, 0.25) is 0 Å². The zero-order chi connectivity index (χ0) is 16.3. The summed E-state index contributed by atoms with van der Waals surface area (Å²) in [4.78, 5) is 24.0. The number of hydrogen-bond donors (Lipinski definition) is 2. The fraction of sp³-hybridized carbons (Fsp3) is 0.467. The van der Waals surface area contributed by atoms with Crippen LogP contribution in [-0.2, 0) is 4.79 Å².